The number of carbonyl (C=O) groups excluding carboxylic acids is 1. The first kappa shape index (κ1) is 20.2. The van der Waals surface area contributed by atoms with E-state index in [0.717, 1.165) is 43.6 Å². The Morgan fingerprint density at radius 1 is 1.15 bits per heavy atom. The van der Waals surface area contributed by atoms with Gasteiger partial charge in [0.15, 0.2) is 0 Å². The van der Waals surface area contributed by atoms with Gasteiger partial charge in [-0.25, -0.2) is 0 Å². The van der Waals surface area contributed by atoms with E-state index in [1.54, 1.807) is 6.07 Å². The highest BCUT2D eigenvalue weighted by Gasteiger charge is 2.26. The number of aryl methyl sites for hydroxylation is 1. The van der Waals surface area contributed by atoms with Crippen LogP contribution in [0.25, 0.3) is 0 Å². The van der Waals surface area contributed by atoms with Crippen LogP contribution in [0.4, 0.5) is 0 Å². The number of hydrogen-bond donors (Lipinski definition) is 1. The number of amides is 1. The van der Waals surface area contributed by atoms with E-state index in [1.165, 1.54) is 5.56 Å². The van der Waals surface area contributed by atoms with Gasteiger partial charge in [0, 0.05) is 22.5 Å². The second kappa shape index (κ2) is 9.09. The maximum absolute atomic E-state index is 12.6. The van der Waals surface area contributed by atoms with Gasteiger partial charge in [0.1, 0.15) is 0 Å². The molecular weight excluding hydrogens is 379 g/mol. The Bertz CT molecular complexity index is 783. The number of piperidine rings is 1. The lowest BCUT2D eigenvalue weighted by atomic mass is 9.94. The van der Waals surface area contributed by atoms with E-state index in [2.05, 4.69) is 41.4 Å². The maximum Gasteiger partial charge on any atom is 0.223 e. The molecule has 3 nitrogen and oxygen atoms in total. The van der Waals surface area contributed by atoms with Gasteiger partial charge in [-0.05, 0) is 63.0 Å². The lowest BCUT2D eigenvalue weighted by molar-refractivity contribution is -0.127. The molecule has 1 atom stereocenters. The molecule has 144 valence electrons. The zero-order chi connectivity index (χ0) is 19.4. The molecule has 5 heteroatoms. The van der Waals surface area contributed by atoms with Crippen LogP contribution in [0.1, 0.15) is 42.5 Å². The molecule has 0 bridgehead atoms. The van der Waals surface area contributed by atoms with E-state index in [1.807, 2.05) is 19.1 Å². The van der Waals surface area contributed by atoms with Crippen LogP contribution in [0.5, 0.6) is 0 Å². The largest absolute Gasteiger partial charge is 0.349 e. The molecule has 0 radical (unpaired) electrons. The van der Waals surface area contributed by atoms with Gasteiger partial charge >= 0.3 is 0 Å². The van der Waals surface area contributed by atoms with Gasteiger partial charge in [0.05, 0.1) is 6.04 Å². The molecule has 0 spiro atoms. The summed E-state index contributed by atoms with van der Waals surface area (Å²) in [5.74, 6) is 0.238. The Morgan fingerprint density at radius 2 is 1.81 bits per heavy atom. The van der Waals surface area contributed by atoms with Crippen LogP contribution in [0.3, 0.4) is 0 Å². The van der Waals surface area contributed by atoms with Crippen molar-refractivity contribution in [1.82, 2.24) is 10.2 Å². The Labute approximate surface area is 171 Å². The van der Waals surface area contributed by atoms with Crippen molar-refractivity contribution in [3.8, 4) is 0 Å². The van der Waals surface area contributed by atoms with Gasteiger partial charge in [0.2, 0.25) is 5.91 Å². The monoisotopic (exact) mass is 404 g/mol. The average molecular weight is 405 g/mol. The van der Waals surface area contributed by atoms with Crippen LogP contribution in [-0.4, -0.2) is 23.9 Å². The van der Waals surface area contributed by atoms with Crippen molar-refractivity contribution in [2.45, 2.75) is 39.3 Å². The minimum absolute atomic E-state index is 0.0315. The number of halogens is 2. The van der Waals surface area contributed by atoms with Crippen molar-refractivity contribution >= 4 is 29.1 Å². The van der Waals surface area contributed by atoms with Crippen LogP contribution < -0.4 is 5.32 Å². The highest BCUT2D eigenvalue weighted by atomic mass is 35.5. The second-order valence-corrected chi connectivity index (χ2v) is 8.27. The summed E-state index contributed by atoms with van der Waals surface area (Å²) in [6.07, 6.45) is 1.75. The molecule has 0 aliphatic carbocycles. The number of benzene rings is 2. The third-order valence-electron chi connectivity index (χ3n) is 5.30. The molecule has 1 N–H and O–H groups in total. The van der Waals surface area contributed by atoms with Crippen LogP contribution >= 0.6 is 23.2 Å². The van der Waals surface area contributed by atoms with E-state index < -0.39 is 0 Å². The van der Waals surface area contributed by atoms with E-state index >= 15 is 0 Å². The SMILES string of the molecule is Cc1ccc([C@@H](C)NC(=O)C2CCN(Cc3ccc(Cl)cc3Cl)CC2)cc1. The van der Waals surface area contributed by atoms with Crippen molar-refractivity contribution in [3.63, 3.8) is 0 Å². The smallest absolute Gasteiger partial charge is 0.223 e. The third kappa shape index (κ3) is 5.47. The number of nitrogens with zero attached hydrogens (tertiary/aromatic N) is 1. The molecule has 0 aromatic heterocycles. The molecule has 1 amide bonds. The number of rotatable bonds is 5. The lowest BCUT2D eigenvalue weighted by Gasteiger charge is -2.32. The topological polar surface area (TPSA) is 32.3 Å². The molecule has 1 aliphatic rings. The van der Waals surface area contributed by atoms with Crippen LogP contribution in [0, 0.1) is 12.8 Å². The van der Waals surface area contributed by atoms with Gasteiger partial charge in [-0.3, -0.25) is 9.69 Å². The second-order valence-electron chi connectivity index (χ2n) is 7.43. The first-order chi connectivity index (χ1) is 12.9. The predicted molar refractivity (Wildman–Crippen MR) is 112 cm³/mol. The minimum Gasteiger partial charge on any atom is -0.349 e. The summed E-state index contributed by atoms with van der Waals surface area (Å²) in [6, 6.07) is 14.0. The summed E-state index contributed by atoms with van der Waals surface area (Å²) in [7, 11) is 0. The number of likely N-dealkylation sites (tertiary alicyclic amines) is 1. The molecular formula is C22H26Cl2N2O. The van der Waals surface area contributed by atoms with E-state index in [-0.39, 0.29) is 17.9 Å². The Morgan fingerprint density at radius 3 is 2.44 bits per heavy atom. The number of carbonyl (C=O) groups is 1. The van der Waals surface area contributed by atoms with Crippen LogP contribution in [0.15, 0.2) is 42.5 Å². The summed E-state index contributed by atoms with van der Waals surface area (Å²) in [5.41, 5.74) is 3.45. The Hall–Kier alpha value is -1.55. The zero-order valence-corrected chi connectivity index (χ0v) is 17.4. The summed E-state index contributed by atoms with van der Waals surface area (Å²) in [4.78, 5) is 15.0. The maximum atomic E-state index is 12.6. The fourth-order valence-electron chi connectivity index (χ4n) is 3.51. The van der Waals surface area contributed by atoms with Gasteiger partial charge < -0.3 is 5.32 Å². The number of hydrogen-bond acceptors (Lipinski definition) is 2. The lowest BCUT2D eigenvalue weighted by Crippen LogP contribution is -2.40. The Kier molecular flexibility index (Phi) is 6.80. The highest BCUT2D eigenvalue weighted by Crippen LogP contribution is 2.25. The van der Waals surface area contributed by atoms with E-state index in [4.69, 9.17) is 23.2 Å². The summed E-state index contributed by atoms with van der Waals surface area (Å²) >= 11 is 12.2. The van der Waals surface area contributed by atoms with Crippen LogP contribution in [-0.2, 0) is 11.3 Å². The molecule has 27 heavy (non-hydrogen) atoms. The van der Waals surface area contributed by atoms with Crippen molar-refractivity contribution in [2.24, 2.45) is 5.92 Å². The van der Waals surface area contributed by atoms with Gasteiger partial charge in [-0.2, -0.15) is 0 Å². The number of nitrogens with one attached hydrogen (secondary N) is 1. The molecule has 0 unspecified atom stereocenters. The van der Waals surface area contributed by atoms with Crippen molar-refractivity contribution < 1.29 is 4.79 Å². The van der Waals surface area contributed by atoms with Crippen molar-refractivity contribution in [3.05, 3.63) is 69.2 Å². The average Bonchev–Trinajstić information content (AvgIpc) is 2.65. The van der Waals surface area contributed by atoms with Gasteiger partial charge in [0.25, 0.3) is 0 Å². The third-order valence-corrected chi connectivity index (χ3v) is 5.89. The first-order valence-corrected chi connectivity index (χ1v) is 10.2. The van der Waals surface area contributed by atoms with Crippen LogP contribution in [0.2, 0.25) is 10.0 Å². The normalized spacial score (nSPS) is 16.9. The quantitative estimate of drug-likeness (QED) is 0.723. The standard InChI is InChI=1S/C22H26Cl2N2O/c1-15-3-5-17(6-4-15)16(2)25-22(27)18-9-11-26(12-10-18)14-19-7-8-20(23)13-21(19)24/h3-8,13,16,18H,9-12,14H2,1-2H3,(H,25,27)/t16-/m1/s1. The summed E-state index contributed by atoms with van der Waals surface area (Å²) in [5, 5.41) is 4.53. The van der Waals surface area contributed by atoms with Gasteiger partial charge in [-0.15, -0.1) is 0 Å². The molecule has 2 aromatic rings. The van der Waals surface area contributed by atoms with Crippen molar-refractivity contribution in [1.29, 1.82) is 0 Å². The fraction of sp³-hybridized carbons (Fsp3) is 0.409. The van der Waals surface area contributed by atoms with Gasteiger partial charge in [-0.1, -0.05) is 59.1 Å². The summed E-state index contributed by atoms with van der Waals surface area (Å²) in [6.45, 7) is 6.70. The van der Waals surface area contributed by atoms with E-state index in [0.29, 0.717) is 10.0 Å². The summed E-state index contributed by atoms with van der Waals surface area (Å²) < 4.78 is 0. The molecule has 1 aliphatic heterocycles. The molecule has 1 heterocycles. The van der Waals surface area contributed by atoms with E-state index in [9.17, 15) is 4.79 Å². The molecule has 2 aromatic carbocycles. The first-order valence-electron chi connectivity index (χ1n) is 9.45. The predicted octanol–water partition coefficient (Wildman–Crippen LogP) is 5.39. The van der Waals surface area contributed by atoms with Crippen molar-refractivity contribution in [2.75, 3.05) is 13.1 Å². The molecule has 1 fully saturated rings. The zero-order valence-electron chi connectivity index (χ0n) is 15.8. The highest BCUT2D eigenvalue weighted by molar-refractivity contribution is 6.35. The molecule has 3 rings (SSSR count). The molecule has 0 saturated carbocycles. The Balaban J connectivity index is 1.49. The fourth-order valence-corrected chi connectivity index (χ4v) is 3.98. The minimum atomic E-state index is 0.0315. The molecule has 1 saturated heterocycles.